The first-order valence-corrected chi connectivity index (χ1v) is 10.3. The second-order valence-electron chi connectivity index (χ2n) is 8.90. The molecule has 3 aliphatic rings. The maximum absolute atomic E-state index is 14.4. The van der Waals surface area contributed by atoms with E-state index >= 15 is 0 Å². The highest BCUT2D eigenvalue weighted by Gasteiger charge is 2.67. The fourth-order valence-corrected chi connectivity index (χ4v) is 5.96. The van der Waals surface area contributed by atoms with E-state index < -0.39 is 6.29 Å². The third-order valence-corrected chi connectivity index (χ3v) is 7.08. The van der Waals surface area contributed by atoms with Crippen molar-refractivity contribution in [2.75, 3.05) is 0 Å². The molecular weight excluding hydrogens is 365 g/mol. The van der Waals surface area contributed by atoms with Crippen LogP contribution in [0.15, 0.2) is 59.8 Å². The second kappa shape index (κ2) is 5.74. The Balaban J connectivity index is 1.71. The van der Waals surface area contributed by atoms with Crippen molar-refractivity contribution >= 4 is 27.1 Å². The number of hydrogen-bond donors (Lipinski definition) is 2. The minimum absolute atomic E-state index is 0.0631. The smallest absolute Gasteiger partial charge is 0.220 e. The average molecular weight is 388 g/mol. The lowest BCUT2D eigenvalue weighted by atomic mass is 9.79. The first kappa shape index (κ1) is 17.3. The number of benzene rings is 2. The molecule has 2 N–H and O–H groups in total. The van der Waals surface area contributed by atoms with Crippen molar-refractivity contribution in [3.8, 4) is 0 Å². The van der Waals surface area contributed by atoms with Crippen LogP contribution in [0.5, 0.6) is 0 Å². The summed E-state index contributed by atoms with van der Waals surface area (Å²) in [6, 6.07) is 11.2. The summed E-state index contributed by atoms with van der Waals surface area (Å²) in [6.45, 7) is 4.41. The summed E-state index contributed by atoms with van der Waals surface area (Å²) in [6.07, 6.45) is 4.06. The summed E-state index contributed by atoms with van der Waals surface area (Å²) in [5, 5.41) is 23.7. The monoisotopic (exact) mass is 388 g/mol. The summed E-state index contributed by atoms with van der Waals surface area (Å²) in [4.78, 5) is 0. The van der Waals surface area contributed by atoms with Crippen molar-refractivity contribution in [2.45, 2.75) is 32.6 Å². The van der Waals surface area contributed by atoms with E-state index in [2.05, 4.69) is 24.5 Å². The molecule has 1 aliphatic heterocycles. The molecule has 0 spiro atoms. The molecule has 0 saturated heterocycles. The molecule has 1 fully saturated rings. The highest BCUT2D eigenvalue weighted by Crippen LogP contribution is 2.61. The van der Waals surface area contributed by atoms with Gasteiger partial charge in [-0.3, -0.25) is 0 Å². The fourth-order valence-electron chi connectivity index (χ4n) is 5.96. The van der Waals surface area contributed by atoms with Crippen LogP contribution in [0.1, 0.15) is 32.0 Å². The molecule has 1 aromatic heterocycles. The Kier molecular flexibility index (Phi) is 3.43. The third kappa shape index (κ3) is 2.21. The van der Waals surface area contributed by atoms with Crippen LogP contribution >= 0.6 is 0 Å². The Labute approximate surface area is 168 Å². The highest BCUT2D eigenvalue weighted by atomic mass is 19.1. The molecule has 6 rings (SSSR count). The van der Waals surface area contributed by atoms with Crippen molar-refractivity contribution in [2.24, 2.45) is 17.8 Å². The molecule has 0 bridgehead atoms. The molecule has 2 aliphatic carbocycles. The maximum atomic E-state index is 14.4. The van der Waals surface area contributed by atoms with Crippen molar-refractivity contribution in [3.63, 3.8) is 0 Å². The molecule has 4 heteroatoms. The lowest BCUT2D eigenvalue weighted by Gasteiger charge is -2.26. The summed E-state index contributed by atoms with van der Waals surface area (Å²) >= 11 is 0. The number of aromatic nitrogens is 1. The van der Waals surface area contributed by atoms with Crippen LogP contribution < -0.4 is 4.57 Å². The van der Waals surface area contributed by atoms with Gasteiger partial charge >= 0.3 is 0 Å². The van der Waals surface area contributed by atoms with Crippen molar-refractivity contribution in [1.82, 2.24) is 0 Å². The first-order chi connectivity index (χ1) is 14.0. The van der Waals surface area contributed by atoms with Gasteiger partial charge in [0.1, 0.15) is 5.82 Å². The van der Waals surface area contributed by atoms with Crippen LogP contribution in [0.2, 0.25) is 0 Å². The summed E-state index contributed by atoms with van der Waals surface area (Å²) in [7, 11) is 0. The van der Waals surface area contributed by atoms with Gasteiger partial charge in [-0.25, -0.2) is 4.39 Å². The minimum atomic E-state index is -1.33. The number of fused-ring (bicyclic) bond motifs is 10. The van der Waals surface area contributed by atoms with Gasteiger partial charge in [-0.2, -0.15) is 4.57 Å². The fraction of sp³-hybridized carbons (Fsp3) is 0.320. The number of aliphatic hydroxyl groups is 2. The average Bonchev–Trinajstić information content (AvgIpc) is 3.43. The van der Waals surface area contributed by atoms with Crippen LogP contribution in [0.25, 0.3) is 27.1 Å². The predicted octanol–water partition coefficient (Wildman–Crippen LogP) is 4.27. The predicted molar refractivity (Wildman–Crippen MR) is 110 cm³/mol. The Hall–Kier alpha value is -2.56. The standard InChI is InChI=1S/C25H23FNO2/c1-12-10-13(2)20-18(11-12)23-17-7-6-16-14(4-3-5-19(16)26)15(17)8-9-27(23)24-21(20)22(24)25(28)29/h3-9,11-12,21-22,24-25,28-29H,10H2,1-2H3/q+1. The van der Waals surface area contributed by atoms with E-state index in [1.807, 2.05) is 30.5 Å². The zero-order chi connectivity index (χ0) is 20.0. The molecule has 29 heavy (non-hydrogen) atoms. The van der Waals surface area contributed by atoms with E-state index in [0.29, 0.717) is 11.3 Å². The van der Waals surface area contributed by atoms with Crippen LogP contribution in [0, 0.1) is 23.6 Å². The normalized spacial score (nSPS) is 27.7. The summed E-state index contributed by atoms with van der Waals surface area (Å²) in [5.41, 5.74) is 4.98. The van der Waals surface area contributed by atoms with Gasteiger partial charge in [0.2, 0.25) is 5.69 Å². The van der Waals surface area contributed by atoms with Gasteiger partial charge in [0.15, 0.2) is 18.5 Å². The topological polar surface area (TPSA) is 44.3 Å². The molecule has 0 radical (unpaired) electrons. The Morgan fingerprint density at radius 1 is 1.03 bits per heavy atom. The van der Waals surface area contributed by atoms with Crippen LogP contribution in [-0.2, 0) is 0 Å². The highest BCUT2D eigenvalue weighted by molar-refractivity contribution is 6.10. The molecule has 3 aromatic rings. The Morgan fingerprint density at radius 3 is 2.59 bits per heavy atom. The van der Waals surface area contributed by atoms with Gasteiger partial charge in [0.05, 0.1) is 17.2 Å². The maximum Gasteiger partial charge on any atom is 0.220 e. The minimum Gasteiger partial charge on any atom is -0.368 e. The number of halogens is 1. The molecule has 2 aromatic carbocycles. The van der Waals surface area contributed by atoms with Gasteiger partial charge in [-0.15, -0.1) is 0 Å². The van der Waals surface area contributed by atoms with E-state index in [-0.39, 0.29) is 23.7 Å². The number of hydrogen-bond acceptors (Lipinski definition) is 2. The van der Waals surface area contributed by atoms with Crippen molar-refractivity contribution in [1.29, 1.82) is 0 Å². The van der Waals surface area contributed by atoms with E-state index in [1.165, 1.54) is 22.8 Å². The van der Waals surface area contributed by atoms with E-state index in [9.17, 15) is 14.6 Å². The van der Waals surface area contributed by atoms with E-state index in [0.717, 1.165) is 28.3 Å². The molecule has 4 atom stereocenters. The van der Waals surface area contributed by atoms with Gasteiger partial charge in [0.25, 0.3) is 0 Å². The number of allylic oxidation sites excluding steroid dienone is 4. The molecule has 2 heterocycles. The Bertz CT molecular complexity index is 1270. The number of aliphatic hydroxyl groups excluding tert-OH is 1. The largest absolute Gasteiger partial charge is 0.368 e. The number of pyridine rings is 1. The van der Waals surface area contributed by atoms with Crippen LogP contribution in [0.4, 0.5) is 4.39 Å². The molecule has 4 unspecified atom stereocenters. The lowest BCUT2D eigenvalue weighted by Crippen LogP contribution is -2.42. The van der Waals surface area contributed by atoms with Crippen molar-refractivity contribution < 1.29 is 19.2 Å². The quantitative estimate of drug-likeness (QED) is 0.371. The van der Waals surface area contributed by atoms with Gasteiger partial charge in [-0.1, -0.05) is 36.8 Å². The lowest BCUT2D eigenvalue weighted by molar-refractivity contribution is -0.708. The second-order valence-corrected chi connectivity index (χ2v) is 8.90. The number of rotatable bonds is 1. The van der Waals surface area contributed by atoms with E-state index in [1.54, 1.807) is 6.07 Å². The SMILES string of the molecule is CC1=C2C(=CC(C)C1)c1c3ccc4c(F)cccc4c3cc[n+]1C1C2C1C(O)O. The van der Waals surface area contributed by atoms with Gasteiger partial charge in [0, 0.05) is 22.4 Å². The third-order valence-electron chi connectivity index (χ3n) is 7.08. The van der Waals surface area contributed by atoms with Crippen molar-refractivity contribution in [3.05, 3.63) is 71.3 Å². The van der Waals surface area contributed by atoms with Crippen LogP contribution in [-0.4, -0.2) is 16.5 Å². The summed E-state index contributed by atoms with van der Waals surface area (Å²) in [5.74, 6) is 0.200. The molecule has 3 nitrogen and oxygen atoms in total. The summed E-state index contributed by atoms with van der Waals surface area (Å²) < 4.78 is 16.6. The van der Waals surface area contributed by atoms with E-state index in [4.69, 9.17) is 0 Å². The number of nitrogens with zero attached hydrogens (tertiary/aromatic N) is 1. The zero-order valence-corrected chi connectivity index (χ0v) is 16.4. The molecular formula is C25H23FNO2+. The van der Waals surface area contributed by atoms with Crippen LogP contribution in [0.3, 0.4) is 0 Å². The zero-order valence-electron chi connectivity index (χ0n) is 16.4. The molecule has 146 valence electrons. The molecule has 0 amide bonds. The molecule has 1 saturated carbocycles. The first-order valence-electron chi connectivity index (χ1n) is 10.3. The van der Waals surface area contributed by atoms with Gasteiger partial charge in [-0.05, 0) is 42.4 Å². The van der Waals surface area contributed by atoms with Gasteiger partial charge < -0.3 is 10.2 Å². The Morgan fingerprint density at radius 2 is 1.79 bits per heavy atom.